The number of aliphatic hydroxyl groups excluding tert-OH is 6. The number of fused-ring (bicyclic) bond motifs is 2. The van der Waals surface area contributed by atoms with Crippen LogP contribution in [0.4, 0.5) is 0 Å². The van der Waals surface area contributed by atoms with E-state index in [-0.39, 0.29) is 37.7 Å². The zero-order valence-corrected chi connectivity index (χ0v) is 55.6. The summed E-state index contributed by atoms with van der Waals surface area (Å²) in [5, 5.41) is 46.6. The Morgan fingerprint density at radius 3 is 1.30 bits per heavy atom. The number of methoxy groups -OCH3 is 1. The van der Waals surface area contributed by atoms with Crippen LogP contribution in [0.1, 0.15) is 204 Å². The molecule has 3 heterocycles. The minimum Gasteiger partial charge on any atom is -0.516 e. The maximum atomic E-state index is 10.2. The first-order valence-corrected chi connectivity index (χ1v) is 31.4. The molecule has 0 spiro atoms. The molecule has 1 aromatic carbocycles. The first kappa shape index (κ1) is 85.7. The summed E-state index contributed by atoms with van der Waals surface area (Å²) < 4.78 is 18.2. The van der Waals surface area contributed by atoms with Gasteiger partial charge in [0.25, 0.3) is 3.79 Å². The van der Waals surface area contributed by atoms with Gasteiger partial charge in [-0.1, -0.05) is 147 Å². The van der Waals surface area contributed by atoms with Gasteiger partial charge >= 0.3 is 0 Å². The molecule has 3 aliphatic heterocycles. The topological polar surface area (TPSA) is 210 Å². The maximum absolute atomic E-state index is 10.2. The van der Waals surface area contributed by atoms with Crippen molar-refractivity contribution in [1.82, 2.24) is 0 Å². The van der Waals surface area contributed by atoms with Crippen LogP contribution < -0.4 is 0 Å². The number of aliphatic hydroxyl groups is 6. The van der Waals surface area contributed by atoms with Crippen LogP contribution in [0.5, 0.6) is 0 Å². The van der Waals surface area contributed by atoms with Crippen LogP contribution in [0, 0.1) is 65.1 Å². The molecule has 480 valence electrons. The van der Waals surface area contributed by atoms with Gasteiger partial charge in [-0.25, -0.2) is 0 Å². The van der Waals surface area contributed by atoms with E-state index < -0.39 is 16.2 Å². The molecule has 6 N–H and O–H groups in total. The number of ketones is 3. The van der Waals surface area contributed by atoms with Crippen molar-refractivity contribution in [2.75, 3.05) is 73.2 Å². The summed E-state index contributed by atoms with van der Waals surface area (Å²) >= 11 is 15.0. The predicted octanol–water partition coefficient (Wildman–Crippen LogP) is 14.9. The third kappa shape index (κ3) is 50.2. The van der Waals surface area contributed by atoms with Gasteiger partial charge in [-0.2, -0.15) is 0 Å². The normalized spacial score (nSPS) is 25.1. The number of carbonyl (C=O) groups is 3. The fraction of sp³-hybridized carbons (Fsp3) is 0.831. The van der Waals surface area contributed by atoms with Gasteiger partial charge in [0.2, 0.25) is 5.78 Å². The number of carbonyl (C=O) groups excluding carboxylic acids is 3. The van der Waals surface area contributed by atoms with Crippen molar-refractivity contribution in [2.24, 2.45) is 58.2 Å². The number of halogens is 3. The number of aryl methyl sites for hydroxylation is 1. The molecule has 6 saturated carbocycles. The highest BCUT2D eigenvalue weighted by Gasteiger charge is 2.51. The van der Waals surface area contributed by atoms with E-state index in [1.165, 1.54) is 76.7 Å². The largest absolute Gasteiger partial charge is 0.516 e. The Balaban J connectivity index is -0.000000404. The average molecular weight is 1220 g/mol. The van der Waals surface area contributed by atoms with Crippen LogP contribution in [-0.4, -0.2) is 131 Å². The summed E-state index contributed by atoms with van der Waals surface area (Å²) in [5.41, 5.74) is 2.52. The lowest BCUT2D eigenvalue weighted by molar-refractivity contribution is -0.145. The second kappa shape index (κ2) is 53.7. The van der Waals surface area contributed by atoms with E-state index in [9.17, 15) is 14.4 Å². The number of benzene rings is 1. The quantitative estimate of drug-likeness (QED) is 0.116. The molecule has 0 radical (unpaired) electrons. The molecule has 0 amide bonds. The van der Waals surface area contributed by atoms with Gasteiger partial charge in [-0.05, 0) is 188 Å². The van der Waals surface area contributed by atoms with Gasteiger partial charge < -0.3 is 49.6 Å². The second-order valence-corrected chi connectivity index (χ2v) is 26.4. The Morgan fingerprint density at radius 2 is 1.12 bits per heavy atom. The van der Waals surface area contributed by atoms with Gasteiger partial charge in [0.15, 0.2) is 17.9 Å². The van der Waals surface area contributed by atoms with Gasteiger partial charge in [-0.15, -0.1) is 0 Å². The summed E-state index contributed by atoms with van der Waals surface area (Å²) in [4.78, 5) is 29.7. The molecule has 1 aromatic rings. The van der Waals surface area contributed by atoms with E-state index in [4.69, 9.17) is 84.4 Å². The summed E-state index contributed by atoms with van der Waals surface area (Å²) in [7, 11) is 1.69. The lowest BCUT2D eigenvalue weighted by Gasteiger charge is -2.53. The van der Waals surface area contributed by atoms with Crippen molar-refractivity contribution in [2.45, 2.75) is 216 Å². The molecule has 3 saturated heterocycles. The van der Waals surface area contributed by atoms with E-state index in [0.717, 1.165) is 99.5 Å². The molecule has 6 aliphatic carbocycles. The molecule has 13 nitrogen and oxygen atoms in total. The van der Waals surface area contributed by atoms with Crippen LogP contribution in [0.25, 0.3) is 0 Å². The van der Waals surface area contributed by atoms with Crippen molar-refractivity contribution in [3.05, 3.63) is 48.7 Å². The van der Waals surface area contributed by atoms with E-state index in [1.807, 2.05) is 25.1 Å². The lowest BCUT2D eigenvalue weighted by atomic mass is 9.52. The average Bonchev–Trinajstić information content (AvgIpc) is 4.18. The summed E-state index contributed by atoms with van der Waals surface area (Å²) in [6.07, 6.45) is 24.7. The molecule has 10 rings (SSSR count). The first-order chi connectivity index (χ1) is 38.1. The van der Waals surface area contributed by atoms with Crippen LogP contribution in [0.3, 0.4) is 0 Å². The van der Waals surface area contributed by atoms with Crippen molar-refractivity contribution in [1.29, 1.82) is 0 Å². The Hall–Kier alpha value is -1.72. The third-order valence-electron chi connectivity index (χ3n) is 14.6. The standard InChI is InChI=1S/C11H18.C10H18.C7H8.C6H12O2.C5H10O.C5H12.C4H8O2.C4H8O.C3H3Cl3O2.C3H6O2.C3H8O.C2H6O.C2H4O/c1-7-10-3-8-2-9(5-10)6-11(7)4-8;1-7-6-8-4-5-9(7)10(8,2)3;1-7-5-3-2-4-6-7;1-7-6-4-2-3-5-8-6;1-2-4-6-5-3-1;1-5(2,3)4;1-2-4(6)3-5;1-2-4-5-3-1;4-3(5,6)2(8)1-7;1-3(5)2-4;1-2-3-4;2*1-2-3/h7-11H,2-6H2,1H3;7-9H,4-6H2,1-3H3;2-6H,1H3;6H,2-5H2,1H3;1-5H2;1-4H3;5H,2-3H2,1H3;1-4H2;7H,1H2;4H,2H2,1H3;4H,2-3H2,1H3;3H,2H2,1H3;2-3H,1H2. The lowest BCUT2D eigenvalue weighted by Crippen LogP contribution is -2.43. The molecular formula is C65H121Cl3O13. The van der Waals surface area contributed by atoms with Gasteiger partial charge in [-0.3, -0.25) is 14.4 Å². The molecule has 81 heavy (non-hydrogen) atoms. The number of Topliss-reactive ketones (excluding diaryl/α,β-unsaturated/α-hetero) is 3. The number of hydrogen-bond acceptors (Lipinski definition) is 13. The minimum absolute atomic E-state index is 0.0868. The fourth-order valence-corrected chi connectivity index (χ4v) is 10.7. The third-order valence-corrected chi connectivity index (χ3v) is 15.2. The molecule has 4 unspecified atom stereocenters. The highest BCUT2D eigenvalue weighted by Crippen LogP contribution is 2.60. The zero-order chi connectivity index (χ0) is 62.9. The van der Waals surface area contributed by atoms with E-state index in [2.05, 4.69) is 81.0 Å². The van der Waals surface area contributed by atoms with Crippen molar-refractivity contribution >= 4 is 52.2 Å². The molecule has 16 heteroatoms. The van der Waals surface area contributed by atoms with E-state index >= 15 is 0 Å². The first-order valence-electron chi connectivity index (χ1n) is 30.3. The Kier molecular flexibility index (Phi) is 56.9. The molecular weight excluding hydrogens is 1100 g/mol. The molecule has 6 bridgehead atoms. The van der Waals surface area contributed by atoms with Crippen LogP contribution >= 0.6 is 34.8 Å². The molecule has 0 aromatic heterocycles. The Morgan fingerprint density at radius 1 is 0.704 bits per heavy atom. The van der Waals surface area contributed by atoms with Crippen molar-refractivity contribution in [3.8, 4) is 0 Å². The van der Waals surface area contributed by atoms with Crippen molar-refractivity contribution in [3.63, 3.8) is 0 Å². The van der Waals surface area contributed by atoms with E-state index in [0.29, 0.717) is 23.9 Å². The molecule has 9 aliphatic rings. The summed E-state index contributed by atoms with van der Waals surface area (Å²) in [6, 6.07) is 10.3. The highest BCUT2D eigenvalue weighted by molar-refractivity contribution is 6.76. The monoisotopic (exact) mass is 1210 g/mol. The van der Waals surface area contributed by atoms with Crippen LogP contribution in [0.15, 0.2) is 43.2 Å². The number of alkyl halides is 3. The highest BCUT2D eigenvalue weighted by atomic mass is 35.6. The summed E-state index contributed by atoms with van der Waals surface area (Å²) in [5.74, 6) is 7.73. The van der Waals surface area contributed by atoms with Crippen LogP contribution in [-0.2, 0) is 33.3 Å². The molecule has 4 atom stereocenters. The Labute approximate surface area is 509 Å². The predicted molar refractivity (Wildman–Crippen MR) is 337 cm³/mol. The second-order valence-electron chi connectivity index (χ2n) is 24.1. The van der Waals surface area contributed by atoms with Crippen molar-refractivity contribution < 1.29 is 64.0 Å². The van der Waals surface area contributed by atoms with Gasteiger partial charge in [0.1, 0.15) is 19.8 Å². The van der Waals surface area contributed by atoms with E-state index in [1.54, 1.807) is 53.1 Å². The SMILES string of the molecule is C1CCOC1.C1CCOCC1.C=CO.CC(=O)CO.CC(C)(C)C.CC1C2CC3CC(C2)CC1C3.CC1CC2CCC1C2(C)C.CCC(=O)CO.CCCO.CCO.COC1CCCCO1.Cc1ccccc1.O=C(CO)C(Cl)(Cl)Cl. The summed E-state index contributed by atoms with van der Waals surface area (Å²) in [6.45, 7) is 34.4. The number of ether oxygens (including phenoxy) is 4. The van der Waals surface area contributed by atoms with Gasteiger partial charge in [0, 0.05) is 59.8 Å². The number of hydrogen-bond donors (Lipinski definition) is 6. The van der Waals surface area contributed by atoms with Crippen LogP contribution in [0.2, 0.25) is 0 Å². The van der Waals surface area contributed by atoms with Gasteiger partial charge in [0.05, 0.1) is 6.26 Å². The number of rotatable bonds is 6. The smallest absolute Gasteiger partial charge is 0.251 e. The molecule has 9 fully saturated rings. The zero-order valence-electron chi connectivity index (χ0n) is 53.3. The minimum atomic E-state index is -1.96. The Bertz CT molecular complexity index is 1530. The fourth-order valence-electron chi connectivity index (χ4n) is 10.5. The maximum Gasteiger partial charge on any atom is 0.251 e.